The number of halogens is 1. The number of carbonyl (C=O) groups is 1. The van der Waals surface area contributed by atoms with Crippen molar-refractivity contribution >= 4 is 35.3 Å². The van der Waals surface area contributed by atoms with Crippen molar-refractivity contribution in [2.45, 2.75) is 26.4 Å². The minimum atomic E-state index is -0.566. The molecule has 2 N–H and O–H groups in total. The second-order valence-corrected chi connectivity index (χ2v) is 6.93. The number of fused-ring (bicyclic) bond motifs is 1. The summed E-state index contributed by atoms with van der Waals surface area (Å²) >= 11 is 1.68. The van der Waals surface area contributed by atoms with Gasteiger partial charge in [-0.1, -0.05) is 0 Å². The summed E-state index contributed by atoms with van der Waals surface area (Å²) < 4.78 is 11.2. The lowest BCUT2D eigenvalue weighted by Crippen LogP contribution is -2.41. The molecule has 3 rings (SSSR count). The maximum atomic E-state index is 12.6. The van der Waals surface area contributed by atoms with Crippen LogP contribution < -0.4 is 20.1 Å². The van der Waals surface area contributed by atoms with E-state index in [4.69, 9.17) is 15.2 Å². The van der Waals surface area contributed by atoms with Crippen LogP contribution in [0.2, 0.25) is 0 Å². The average molecular weight is 369 g/mol. The van der Waals surface area contributed by atoms with Crippen molar-refractivity contribution in [2.24, 2.45) is 5.73 Å². The predicted molar refractivity (Wildman–Crippen MR) is 98.6 cm³/mol. The number of hydrogen-bond acceptors (Lipinski definition) is 5. The van der Waals surface area contributed by atoms with Crippen molar-refractivity contribution in [1.29, 1.82) is 0 Å². The molecule has 0 bridgehead atoms. The number of thiophene rings is 1. The van der Waals surface area contributed by atoms with Crippen molar-refractivity contribution in [1.82, 2.24) is 0 Å². The Bertz CT molecular complexity index is 718. The molecule has 1 aliphatic heterocycles. The lowest BCUT2D eigenvalue weighted by atomic mass is 10.2. The first kappa shape index (κ1) is 18.6. The Morgan fingerprint density at radius 2 is 1.96 bits per heavy atom. The highest BCUT2D eigenvalue weighted by atomic mass is 35.5. The maximum Gasteiger partial charge on any atom is 0.243 e. The number of aryl methyl sites for hydroxylation is 1. The quantitative estimate of drug-likeness (QED) is 0.900. The number of nitrogens with two attached hydrogens (primary N) is 1. The molecule has 1 amide bonds. The van der Waals surface area contributed by atoms with Gasteiger partial charge in [0.25, 0.3) is 0 Å². The molecule has 0 saturated heterocycles. The molecule has 1 atom stereocenters. The number of amides is 1. The number of nitrogens with zero attached hydrogens (tertiary/aromatic N) is 1. The molecule has 0 aliphatic carbocycles. The fraction of sp³-hybridized carbons (Fsp3) is 0.353. The Morgan fingerprint density at radius 3 is 2.58 bits per heavy atom. The van der Waals surface area contributed by atoms with E-state index in [-0.39, 0.29) is 18.3 Å². The van der Waals surface area contributed by atoms with Crippen molar-refractivity contribution in [2.75, 3.05) is 18.1 Å². The Hall–Kier alpha value is -1.76. The molecule has 130 valence electrons. The summed E-state index contributed by atoms with van der Waals surface area (Å²) in [6.45, 7) is 5.31. The molecule has 24 heavy (non-hydrogen) atoms. The van der Waals surface area contributed by atoms with Crippen molar-refractivity contribution < 1.29 is 14.3 Å². The highest BCUT2D eigenvalue weighted by Gasteiger charge is 2.22. The van der Waals surface area contributed by atoms with E-state index in [9.17, 15) is 4.79 Å². The van der Waals surface area contributed by atoms with Crippen LogP contribution in [0, 0.1) is 6.92 Å². The van der Waals surface area contributed by atoms with Crippen molar-refractivity contribution in [3.63, 3.8) is 0 Å². The third-order valence-corrected chi connectivity index (χ3v) is 4.59. The number of benzene rings is 1. The molecule has 0 radical (unpaired) electrons. The molecular weight excluding hydrogens is 348 g/mol. The molecule has 2 aromatic rings. The first-order chi connectivity index (χ1) is 11.0. The number of carbonyl (C=O) groups excluding carboxylic acids is 1. The third kappa shape index (κ3) is 4.01. The Balaban J connectivity index is 0.00000208. The molecule has 0 unspecified atom stereocenters. The molecule has 2 heterocycles. The SMILES string of the molecule is Cc1ccc(CN(C(=O)[C@H](C)N)c2ccc3c(c2)OCCO3)s1.Cl. The number of hydrogen-bond donors (Lipinski definition) is 1. The van der Waals surface area contributed by atoms with Crippen LogP contribution in [0.25, 0.3) is 0 Å². The summed E-state index contributed by atoms with van der Waals surface area (Å²) in [5, 5.41) is 0. The topological polar surface area (TPSA) is 64.8 Å². The first-order valence-corrected chi connectivity index (χ1v) is 8.38. The van der Waals surface area contributed by atoms with E-state index in [0.717, 1.165) is 10.6 Å². The molecule has 0 fully saturated rings. The zero-order chi connectivity index (χ0) is 16.4. The summed E-state index contributed by atoms with van der Waals surface area (Å²) in [6, 6.07) is 9.08. The zero-order valence-electron chi connectivity index (χ0n) is 13.7. The van der Waals surface area contributed by atoms with Gasteiger partial charge >= 0.3 is 0 Å². The fourth-order valence-corrected chi connectivity index (χ4v) is 3.35. The Morgan fingerprint density at radius 1 is 1.25 bits per heavy atom. The standard InChI is InChI=1S/C17H20N2O3S.ClH/c1-11-3-5-14(23-11)10-19(17(20)12(2)18)13-4-6-15-16(9-13)22-8-7-21-15;/h3-6,9,12H,7-8,10,18H2,1-2H3;1H/t12-;/m0./s1. The van der Waals surface area contributed by atoms with Gasteiger partial charge in [0.05, 0.1) is 12.6 Å². The van der Waals surface area contributed by atoms with E-state index in [1.165, 1.54) is 4.88 Å². The third-order valence-electron chi connectivity index (χ3n) is 3.60. The molecule has 1 aromatic carbocycles. The first-order valence-electron chi connectivity index (χ1n) is 7.56. The molecule has 1 aliphatic rings. The number of rotatable bonds is 4. The summed E-state index contributed by atoms with van der Waals surface area (Å²) in [4.78, 5) is 16.6. The minimum absolute atomic E-state index is 0. The van der Waals surface area contributed by atoms with Gasteiger partial charge in [0.15, 0.2) is 11.5 Å². The van der Waals surface area contributed by atoms with Gasteiger partial charge in [-0.25, -0.2) is 0 Å². The maximum absolute atomic E-state index is 12.6. The molecule has 0 saturated carbocycles. The van der Waals surface area contributed by atoms with Crippen LogP contribution in [-0.2, 0) is 11.3 Å². The smallest absolute Gasteiger partial charge is 0.243 e. The van der Waals surface area contributed by atoms with Gasteiger partial charge in [-0.2, -0.15) is 0 Å². The van der Waals surface area contributed by atoms with Crippen LogP contribution in [0.4, 0.5) is 5.69 Å². The lowest BCUT2D eigenvalue weighted by molar-refractivity contribution is -0.119. The molecule has 1 aromatic heterocycles. The van der Waals surface area contributed by atoms with Gasteiger partial charge in [-0.15, -0.1) is 23.7 Å². The number of ether oxygens (including phenoxy) is 2. The molecule has 7 heteroatoms. The minimum Gasteiger partial charge on any atom is -0.486 e. The van der Waals surface area contributed by atoms with Crippen LogP contribution in [-0.4, -0.2) is 25.2 Å². The second kappa shape index (κ2) is 7.88. The van der Waals surface area contributed by atoms with E-state index in [2.05, 4.69) is 13.0 Å². The number of anilines is 1. The predicted octanol–water partition coefficient (Wildman–Crippen LogP) is 3.13. The van der Waals surface area contributed by atoms with Gasteiger partial charge in [0, 0.05) is 21.5 Å². The largest absolute Gasteiger partial charge is 0.486 e. The molecule has 5 nitrogen and oxygen atoms in total. The van der Waals surface area contributed by atoms with E-state index in [1.54, 1.807) is 23.2 Å². The molecular formula is C17H21ClN2O3S. The van der Waals surface area contributed by atoms with Crippen LogP contribution in [0.1, 0.15) is 16.7 Å². The second-order valence-electron chi connectivity index (χ2n) is 5.55. The monoisotopic (exact) mass is 368 g/mol. The van der Waals surface area contributed by atoms with E-state index < -0.39 is 6.04 Å². The summed E-state index contributed by atoms with van der Waals surface area (Å²) in [7, 11) is 0. The fourth-order valence-electron chi connectivity index (χ4n) is 2.47. The van der Waals surface area contributed by atoms with E-state index in [1.807, 2.05) is 24.3 Å². The van der Waals surface area contributed by atoms with Gasteiger partial charge in [-0.3, -0.25) is 4.79 Å². The van der Waals surface area contributed by atoms with Gasteiger partial charge in [0.2, 0.25) is 5.91 Å². The Kier molecular flexibility index (Phi) is 6.10. The van der Waals surface area contributed by atoms with Crippen LogP contribution in [0.5, 0.6) is 11.5 Å². The normalized spacial score (nSPS) is 13.8. The van der Waals surface area contributed by atoms with Crippen LogP contribution in [0.3, 0.4) is 0 Å². The van der Waals surface area contributed by atoms with E-state index in [0.29, 0.717) is 31.3 Å². The highest BCUT2D eigenvalue weighted by Crippen LogP contribution is 2.35. The lowest BCUT2D eigenvalue weighted by Gasteiger charge is -2.26. The van der Waals surface area contributed by atoms with Gasteiger partial charge in [0.1, 0.15) is 13.2 Å². The van der Waals surface area contributed by atoms with Crippen LogP contribution in [0.15, 0.2) is 30.3 Å². The Labute approximate surface area is 151 Å². The molecule has 0 spiro atoms. The summed E-state index contributed by atoms with van der Waals surface area (Å²) in [5.74, 6) is 1.26. The highest BCUT2D eigenvalue weighted by molar-refractivity contribution is 7.11. The van der Waals surface area contributed by atoms with Crippen LogP contribution >= 0.6 is 23.7 Å². The van der Waals surface area contributed by atoms with Crippen molar-refractivity contribution in [3.8, 4) is 11.5 Å². The summed E-state index contributed by atoms with van der Waals surface area (Å²) in [5.41, 5.74) is 6.59. The summed E-state index contributed by atoms with van der Waals surface area (Å²) in [6.07, 6.45) is 0. The van der Waals surface area contributed by atoms with Crippen molar-refractivity contribution in [3.05, 3.63) is 40.1 Å². The van der Waals surface area contributed by atoms with E-state index >= 15 is 0 Å². The average Bonchev–Trinajstić information content (AvgIpc) is 2.96. The van der Waals surface area contributed by atoms with Gasteiger partial charge < -0.3 is 20.1 Å². The zero-order valence-corrected chi connectivity index (χ0v) is 15.3. The van der Waals surface area contributed by atoms with Gasteiger partial charge in [-0.05, 0) is 38.1 Å².